The van der Waals surface area contributed by atoms with E-state index in [4.69, 9.17) is 0 Å². The van der Waals surface area contributed by atoms with E-state index < -0.39 is 11.7 Å². The first-order valence-corrected chi connectivity index (χ1v) is 9.71. The van der Waals surface area contributed by atoms with Crippen molar-refractivity contribution in [1.82, 2.24) is 30.5 Å². The van der Waals surface area contributed by atoms with Gasteiger partial charge in [-0.1, -0.05) is 18.2 Å². The number of hydrogen-bond acceptors (Lipinski definition) is 6. The van der Waals surface area contributed by atoms with Crippen molar-refractivity contribution in [2.45, 2.75) is 19.0 Å². The molecule has 1 aromatic carbocycles. The summed E-state index contributed by atoms with van der Waals surface area (Å²) in [6, 6.07) is 10.7. The van der Waals surface area contributed by atoms with Crippen LogP contribution in [-0.4, -0.2) is 38.7 Å². The number of nitrogens with zero attached hydrogens (tertiary/aromatic N) is 4. The van der Waals surface area contributed by atoms with Crippen molar-refractivity contribution < 1.29 is 13.2 Å². The molecule has 160 valence electrons. The molecule has 3 heterocycles. The Bertz CT molecular complexity index is 1190. The van der Waals surface area contributed by atoms with Crippen LogP contribution in [0.25, 0.3) is 22.4 Å². The van der Waals surface area contributed by atoms with Crippen molar-refractivity contribution in [3.63, 3.8) is 0 Å². The van der Waals surface area contributed by atoms with E-state index in [-0.39, 0.29) is 11.4 Å². The second-order valence-corrected chi connectivity index (χ2v) is 6.92. The summed E-state index contributed by atoms with van der Waals surface area (Å²) in [6.07, 6.45) is -1.51. The SMILES string of the molecule is CNCCCc1cc(Nc2n[nH]c3ncccc23)nc(-c2ccccc2C(F)(F)F)n1. The molecule has 4 rings (SSSR count). The minimum atomic E-state index is -4.51. The summed E-state index contributed by atoms with van der Waals surface area (Å²) < 4.78 is 40.7. The van der Waals surface area contributed by atoms with Gasteiger partial charge in [0.25, 0.3) is 0 Å². The molecule has 3 aromatic heterocycles. The Hall–Kier alpha value is -3.53. The van der Waals surface area contributed by atoms with Gasteiger partial charge in [-0.2, -0.15) is 18.3 Å². The van der Waals surface area contributed by atoms with Gasteiger partial charge in [0.1, 0.15) is 5.82 Å². The molecule has 0 bridgehead atoms. The largest absolute Gasteiger partial charge is 0.417 e. The zero-order chi connectivity index (χ0) is 21.8. The third kappa shape index (κ3) is 4.64. The predicted molar refractivity (Wildman–Crippen MR) is 112 cm³/mol. The normalized spacial score (nSPS) is 11.7. The number of fused-ring (bicyclic) bond motifs is 1. The maximum absolute atomic E-state index is 13.6. The van der Waals surface area contributed by atoms with E-state index in [1.807, 2.05) is 13.1 Å². The summed E-state index contributed by atoms with van der Waals surface area (Å²) in [5, 5.41) is 13.9. The van der Waals surface area contributed by atoms with E-state index in [1.165, 1.54) is 12.1 Å². The van der Waals surface area contributed by atoms with Gasteiger partial charge in [-0.25, -0.2) is 15.0 Å². The van der Waals surface area contributed by atoms with Crippen molar-refractivity contribution in [1.29, 1.82) is 0 Å². The molecule has 0 radical (unpaired) electrons. The Balaban J connectivity index is 1.77. The minimum Gasteiger partial charge on any atom is -0.323 e. The molecule has 3 N–H and O–H groups in total. The van der Waals surface area contributed by atoms with Gasteiger partial charge in [0.15, 0.2) is 17.3 Å². The molecule has 0 amide bonds. The first kappa shape index (κ1) is 20.7. The lowest BCUT2D eigenvalue weighted by Gasteiger charge is -2.14. The molecule has 0 aliphatic rings. The van der Waals surface area contributed by atoms with Crippen molar-refractivity contribution in [3.05, 3.63) is 59.9 Å². The number of aryl methyl sites for hydroxylation is 1. The van der Waals surface area contributed by atoms with Crippen LogP contribution in [0.15, 0.2) is 48.7 Å². The number of halogens is 3. The molecule has 0 saturated heterocycles. The molecule has 0 aliphatic carbocycles. The quantitative estimate of drug-likeness (QED) is 0.380. The summed E-state index contributed by atoms with van der Waals surface area (Å²) in [5.41, 5.74) is 0.387. The van der Waals surface area contributed by atoms with Crippen LogP contribution in [0.3, 0.4) is 0 Å². The van der Waals surface area contributed by atoms with Crippen LogP contribution in [0, 0.1) is 0 Å². The second-order valence-electron chi connectivity index (χ2n) is 6.92. The highest BCUT2D eigenvalue weighted by Gasteiger charge is 2.34. The van der Waals surface area contributed by atoms with Crippen LogP contribution in [0.4, 0.5) is 24.8 Å². The summed E-state index contributed by atoms with van der Waals surface area (Å²) in [6.45, 7) is 0.761. The van der Waals surface area contributed by atoms with Crippen LogP contribution in [0.5, 0.6) is 0 Å². The molecule has 0 atom stereocenters. The van der Waals surface area contributed by atoms with E-state index in [2.05, 4.69) is 35.8 Å². The van der Waals surface area contributed by atoms with E-state index in [0.717, 1.165) is 24.4 Å². The Kier molecular flexibility index (Phi) is 5.81. The zero-order valence-corrected chi connectivity index (χ0v) is 16.7. The maximum atomic E-state index is 13.6. The summed E-state index contributed by atoms with van der Waals surface area (Å²) >= 11 is 0. The number of alkyl halides is 3. The number of nitrogens with one attached hydrogen (secondary N) is 3. The van der Waals surface area contributed by atoms with Crippen LogP contribution in [0.2, 0.25) is 0 Å². The molecular weight excluding hydrogens is 407 g/mol. The molecule has 7 nitrogen and oxygen atoms in total. The number of H-pyrrole nitrogens is 1. The van der Waals surface area contributed by atoms with Gasteiger partial charge in [0.2, 0.25) is 0 Å². The average molecular weight is 427 g/mol. The molecule has 0 aliphatic heterocycles. The maximum Gasteiger partial charge on any atom is 0.417 e. The molecular formula is C21H20F3N7. The first-order valence-electron chi connectivity index (χ1n) is 9.71. The molecule has 10 heteroatoms. The van der Waals surface area contributed by atoms with Gasteiger partial charge in [-0.15, -0.1) is 0 Å². The van der Waals surface area contributed by atoms with Crippen LogP contribution < -0.4 is 10.6 Å². The number of hydrogen-bond donors (Lipinski definition) is 3. The van der Waals surface area contributed by atoms with Crippen LogP contribution in [0.1, 0.15) is 17.7 Å². The van der Waals surface area contributed by atoms with E-state index in [1.54, 1.807) is 24.4 Å². The standard InChI is InChI=1S/C21H20F3N7/c1-25-10-4-6-13-12-17(29-20-15-8-5-11-26-18(15)30-31-20)28-19(27-13)14-7-2-3-9-16(14)21(22,23)24/h2-3,5,7-9,11-12,25H,4,6,10H2,1H3,(H2,26,27,28,29,30,31). The van der Waals surface area contributed by atoms with Crippen molar-refractivity contribution in [2.75, 3.05) is 18.9 Å². The number of pyridine rings is 1. The number of rotatable bonds is 7. The van der Waals surface area contributed by atoms with Gasteiger partial charge < -0.3 is 10.6 Å². The lowest BCUT2D eigenvalue weighted by molar-refractivity contribution is -0.137. The van der Waals surface area contributed by atoms with Crippen molar-refractivity contribution >= 4 is 22.7 Å². The Morgan fingerprint density at radius 2 is 1.90 bits per heavy atom. The third-order valence-corrected chi connectivity index (χ3v) is 4.70. The molecule has 31 heavy (non-hydrogen) atoms. The summed E-state index contributed by atoms with van der Waals surface area (Å²) in [7, 11) is 1.84. The smallest absolute Gasteiger partial charge is 0.323 e. The number of benzene rings is 1. The first-order chi connectivity index (χ1) is 15.0. The summed E-state index contributed by atoms with van der Waals surface area (Å²) in [5.74, 6) is 0.854. The van der Waals surface area contributed by atoms with E-state index >= 15 is 0 Å². The van der Waals surface area contributed by atoms with Gasteiger partial charge >= 0.3 is 6.18 Å². The molecule has 0 unspecified atom stereocenters. The fourth-order valence-corrected chi connectivity index (χ4v) is 3.25. The topological polar surface area (TPSA) is 91.4 Å². The van der Waals surface area contributed by atoms with E-state index in [9.17, 15) is 13.2 Å². The highest BCUT2D eigenvalue weighted by atomic mass is 19.4. The molecule has 0 spiro atoms. The third-order valence-electron chi connectivity index (χ3n) is 4.70. The van der Waals surface area contributed by atoms with Gasteiger partial charge in [-0.3, -0.25) is 5.10 Å². The average Bonchev–Trinajstić information content (AvgIpc) is 3.16. The Morgan fingerprint density at radius 3 is 2.71 bits per heavy atom. The van der Waals surface area contributed by atoms with Gasteiger partial charge in [0, 0.05) is 23.5 Å². The minimum absolute atomic E-state index is 0.00958. The Morgan fingerprint density at radius 1 is 1.06 bits per heavy atom. The van der Waals surface area contributed by atoms with Gasteiger partial charge in [0.05, 0.1) is 10.9 Å². The fourth-order valence-electron chi connectivity index (χ4n) is 3.25. The molecule has 0 fully saturated rings. The Labute approximate surface area is 176 Å². The molecule has 0 saturated carbocycles. The van der Waals surface area contributed by atoms with Crippen molar-refractivity contribution in [2.24, 2.45) is 0 Å². The number of aromatic amines is 1. The highest BCUT2D eigenvalue weighted by Crippen LogP contribution is 2.36. The van der Waals surface area contributed by atoms with Crippen LogP contribution in [-0.2, 0) is 12.6 Å². The lowest BCUT2D eigenvalue weighted by atomic mass is 10.1. The van der Waals surface area contributed by atoms with Gasteiger partial charge in [-0.05, 0) is 44.6 Å². The lowest BCUT2D eigenvalue weighted by Crippen LogP contribution is -2.11. The summed E-state index contributed by atoms with van der Waals surface area (Å²) in [4.78, 5) is 13.0. The molecule has 4 aromatic rings. The highest BCUT2D eigenvalue weighted by molar-refractivity contribution is 5.88. The number of aromatic nitrogens is 5. The fraction of sp³-hybridized carbons (Fsp3) is 0.238. The van der Waals surface area contributed by atoms with Crippen molar-refractivity contribution in [3.8, 4) is 11.4 Å². The monoisotopic (exact) mass is 427 g/mol. The predicted octanol–water partition coefficient (Wildman–Crippen LogP) is 4.33. The second kappa shape index (κ2) is 8.68. The zero-order valence-electron chi connectivity index (χ0n) is 16.7. The number of anilines is 2. The van der Waals surface area contributed by atoms with E-state index in [0.29, 0.717) is 29.4 Å². The van der Waals surface area contributed by atoms with Crippen LogP contribution >= 0.6 is 0 Å².